The van der Waals surface area contributed by atoms with Crippen molar-refractivity contribution < 1.29 is 19.1 Å². The van der Waals surface area contributed by atoms with Gasteiger partial charge in [-0.25, -0.2) is 4.79 Å². The normalized spacial score (nSPS) is 10.6. The van der Waals surface area contributed by atoms with E-state index in [2.05, 4.69) is 21.2 Å². The first-order valence-corrected chi connectivity index (χ1v) is 10.9. The lowest BCUT2D eigenvalue weighted by atomic mass is 10.0. The molecule has 0 aliphatic heterocycles. The average Bonchev–Trinajstić information content (AvgIpc) is 3.03. The summed E-state index contributed by atoms with van der Waals surface area (Å²) in [7, 11) is 1.33. The molecule has 1 aromatic heterocycles. The molecule has 0 unspecified atom stereocenters. The Bertz CT molecular complexity index is 1090. The monoisotopic (exact) mass is 487 g/mol. The summed E-state index contributed by atoms with van der Waals surface area (Å²) in [5, 5.41) is 3.26. The minimum Gasteiger partial charge on any atom is -0.483 e. The Morgan fingerprint density at radius 1 is 1.07 bits per heavy atom. The van der Waals surface area contributed by atoms with E-state index in [0.29, 0.717) is 16.3 Å². The summed E-state index contributed by atoms with van der Waals surface area (Å²) in [6, 6.07) is 13.4. The zero-order valence-electron chi connectivity index (χ0n) is 17.2. The highest BCUT2D eigenvalue weighted by Gasteiger charge is 2.25. The molecule has 7 heteroatoms. The van der Waals surface area contributed by atoms with Crippen molar-refractivity contribution in [3.8, 4) is 16.9 Å². The fourth-order valence-corrected chi connectivity index (χ4v) is 4.51. The van der Waals surface area contributed by atoms with Crippen molar-refractivity contribution in [3.63, 3.8) is 0 Å². The van der Waals surface area contributed by atoms with E-state index in [0.717, 1.165) is 31.6 Å². The lowest BCUT2D eigenvalue weighted by molar-refractivity contribution is -0.118. The average molecular weight is 488 g/mol. The first-order chi connectivity index (χ1) is 14.3. The van der Waals surface area contributed by atoms with Gasteiger partial charge >= 0.3 is 5.97 Å². The molecule has 3 rings (SSSR count). The molecule has 0 saturated heterocycles. The van der Waals surface area contributed by atoms with Crippen molar-refractivity contribution in [2.24, 2.45) is 0 Å². The summed E-state index contributed by atoms with van der Waals surface area (Å²) in [6.45, 7) is 5.69. The number of hydrogen-bond acceptors (Lipinski definition) is 5. The summed E-state index contributed by atoms with van der Waals surface area (Å²) >= 11 is 4.76. The van der Waals surface area contributed by atoms with Crippen LogP contribution < -0.4 is 10.1 Å². The molecule has 0 spiro atoms. The van der Waals surface area contributed by atoms with E-state index in [9.17, 15) is 9.59 Å². The number of aryl methyl sites for hydroxylation is 3. The Labute approximate surface area is 188 Å². The number of halogens is 1. The Hall–Kier alpha value is -2.64. The standard InChI is InChI=1S/C23H22BrNO4S/c1-13-5-10-18(14(2)11-13)29-12-19(26)25-22-21(23(27)28-4)20(15(3)30-22)16-6-8-17(24)9-7-16/h5-11H,12H2,1-4H3,(H,25,26). The lowest BCUT2D eigenvalue weighted by Gasteiger charge is -2.11. The van der Waals surface area contributed by atoms with Crippen LogP contribution in [0.1, 0.15) is 26.4 Å². The number of nitrogens with one attached hydrogen (secondary N) is 1. The van der Waals surface area contributed by atoms with Crippen LogP contribution in [0.15, 0.2) is 46.9 Å². The molecular weight excluding hydrogens is 466 g/mol. The lowest BCUT2D eigenvalue weighted by Crippen LogP contribution is -2.21. The Kier molecular flexibility index (Phi) is 6.95. The summed E-state index contributed by atoms with van der Waals surface area (Å²) in [6.07, 6.45) is 0. The van der Waals surface area contributed by atoms with Crippen LogP contribution >= 0.6 is 27.3 Å². The van der Waals surface area contributed by atoms with Gasteiger partial charge in [-0.15, -0.1) is 11.3 Å². The predicted octanol–water partition coefficient (Wildman–Crippen LogP) is 5.91. The number of carbonyl (C=O) groups excluding carboxylic acids is 2. The van der Waals surface area contributed by atoms with Gasteiger partial charge in [0.15, 0.2) is 6.61 Å². The van der Waals surface area contributed by atoms with Crippen molar-refractivity contribution >= 4 is 44.1 Å². The van der Waals surface area contributed by atoms with Crippen LogP contribution in [0, 0.1) is 20.8 Å². The van der Waals surface area contributed by atoms with Gasteiger partial charge in [0, 0.05) is 14.9 Å². The SMILES string of the molecule is COC(=O)c1c(NC(=O)COc2ccc(C)cc2C)sc(C)c1-c1ccc(Br)cc1. The maximum Gasteiger partial charge on any atom is 0.341 e. The van der Waals surface area contributed by atoms with Gasteiger partial charge in [0.25, 0.3) is 5.91 Å². The topological polar surface area (TPSA) is 64.6 Å². The maximum absolute atomic E-state index is 12.5. The molecule has 5 nitrogen and oxygen atoms in total. The number of rotatable bonds is 6. The Morgan fingerprint density at radius 3 is 2.40 bits per heavy atom. The van der Waals surface area contributed by atoms with Crippen molar-refractivity contribution in [2.75, 3.05) is 19.0 Å². The molecule has 2 aromatic carbocycles. The van der Waals surface area contributed by atoms with Gasteiger partial charge in [0.1, 0.15) is 16.3 Å². The van der Waals surface area contributed by atoms with E-state index in [1.54, 1.807) is 0 Å². The molecule has 1 amide bonds. The molecule has 0 radical (unpaired) electrons. The highest BCUT2D eigenvalue weighted by molar-refractivity contribution is 9.10. The van der Waals surface area contributed by atoms with Gasteiger partial charge in [-0.3, -0.25) is 4.79 Å². The molecule has 0 saturated carbocycles. The maximum atomic E-state index is 12.5. The number of ether oxygens (including phenoxy) is 2. The molecule has 1 heterocycles. The summed E-state index contributed by atoms with van der Waals surface area (Å²) in [5.41, 5.74) is 4.07. The highest BCUT2D eigenvalue weighted by atomic mass is 79.9. The first kappa shape index (κ1) is 22.1. The number of esters is 1. The second-order valence-corrected chi connectivity index (χ2v) is 8.98. The molecular formula is C23H22BrNO4S. The van der Waals surface area contributed by atoms with E-state index < -0.39 is 5.97 Å². The molecule has 0 atom stereocenters. The van der Waals surface area contributed by atoms with E-state index >= 15 is 0 Å². The second-order valence-electron chi connectivity index (χ2n) is 6.84. The van der Waals surface area contributed by atoms with Crippen LogP contribution in [0.3, 0.4) is 0 Å². The van der Waals surface area contributed by atoms with Gasteiger partial charge in [0.05, 0.1) is 7.11 Å². The molecule has 30 heavy (non-hydrogen) atoms. The number of methoxy groups -OCH3 is 1. The predicted molar refractivity (Wildman–Crippen MR) is 124 cm³/mol. The van der Waals surface area contributed by atoms with E-state index in [4.69, 9.17) is 9.47 Å². The van der Waals surface area contributed by atoms with E-state index in [1.807, 2.05) is 63.2 Å². The molecule has 156 valence electrons. The summed E-state index contributed by atoms with van der Waals surface area (Å²) < 4.78 is 11.6. The smallest absolute Gasteiger partial charge is 0.341 e. The van der Waals surface area contributed by atoms with E-state index in [-0.39, 0.29) is 12.5 Å². The molecule has 0 aliphatic rings. The third-order valence-electron chi connectivity index (χ3n) is 4.55. The number of hydrogen-bond donors (Lipinski definition) is 1. The number of thiophene rings is 1. The second kappa shape index (κ2) is 9.45. The largest absolute Gasteiger partial charge is 0.483 e. The van der Waals surface area contributed by atoms with Gasteiger partial charge in [0.2, 0.25) is 0 Å². The van der Waals surface area contributed by atoms with Crippen molar-refractivity contribution in [3.05, 3.63) is 68.5 Å². The Morgan fingerprint density at radius 2 is 1.77 bits per heavy atom. The number of carbonyl (C=O) groups is 2. The van der Waals surface area contributed by atoms with Crippen molar-refractivity contribution in [1.82, 2.24) is 0 Å². The number of anilines is 1. The first-order valence-electron chi connectivity index (χ1n) is 9.27. The molecule has 1 N–H and O–H groups in total. The Balaban J connectivity index is 1.84. The minimum absolute atomic E-state index is 0.158. The van der Waals surface area contributed by atoms with Gasteiger partial charge in [-0.1, -0.05) is 45.8 Å². The van der Waals surface area contributed by atoms with Crippen LogP contribution in [0.2, 0.25) is 0 Å². The van der Waals surface area contributed by atoms with Gasteiger partial charge < -0.3 is 14.8 Å². The summed E-state index contributed by atoms with van der Waals surface area (Å²) in [5.74, 6) is -0.187. The number of amides is 1. The van der Waals surface area contributed by atoms with Crippen LogP contribution in [0.5, 0.6) is 5.75 Å². The van der Waals surface area contributed by atoms with Crippen LogP contribution in [0.4, 0.5) is 5.00 Å². The summed E-state index contributed by atoms with van der Waals surface area (Å²) in [4.78, 5) is 26.0. The number of benzene rings is 2. The molecule has 0 aliphatic carbocycles. The fraction of sp³-hybridized carbons (Fsp3) is 0.217. The zero-order valence-corrected chi connectivity index (χ0v) is 19.6. The zero-order chi connectivity index (χ0) is 21.8. The van der Waals surface area contributed by atoms with Crippen molar-refractivity contribution in [2.45, 2.75) is 20.8 Å². The van der Waals surface area contributed by atoms with Crippen LogP contribution in [-0.4, -0.2) is 25.6 Å². The highest BCUT2D eigenvalue weighted by Crippen LogP contribution is 2.40. The van der Waals surface area contributed by atoms with E-state index in [1.165, 1.54) is 18.4 Å². The molecule has 3 aromatic rings. The van der Waals surface area contributed by atoms with Gasteiger partial charge in [-0.2, -0.15) is 0 Å². The minimum atomic E-state index is -0.497. The molecule has 0 fully saturated rings. The quantitative estimate of drug-likeness (QED) is 0.439. The van der Waals surface area contributed by atoms with Crippen LogP contribution in [0.25, 0.3) is 11.1 Å². The fourth-order valence-electron chi connectivity index (χ4n) is 3.16. The third-order valence-corrected chi connectivity index (χ3v) is 6.10. The molecule has 0 bridgehead atoms. The third kappa shape index (κ3) is 4.91. The van der Waals surface area contributed by atoms with Crippen molar-refractivity contribution in [1.29, 1.82) is 0 Å². The van der Waals surface area contributed by atoms with Gasteiger partial charge in [-0.05, 0) is 50.1 Å². The van der Waals surface area contributed by atoms with Crippen LogP contribution in [-0.2, 0) is 9.53 Å².